The first-order chi connectivity index (χ1) is 36.8. The van der Waals surface area contributed by atoms with Crippen LogP contribution < -0.4 is 5.32 Å². The molecule has 3 rings (SSSR count). The van der Waals surface area contributed by atoms with Crippen LogP contribution in [0.2, 0.25) is 0 Å². The third kappa shape index (κ3) is 25.4. The summed E-state index contributed by atoms with van der Waals surface area (Å²) in [5.41, 5.74) is 0. The average molecular weight is 1090 g/mol. The van der Waals surface area contributed by atoms with Gasteiger partial charge in [0.15, 0.2) is 18.9 Å². The highest BCUT2D eigenvalue weighted by atomic mass is 16.8. The van der Waals surface area contributed by atoms with E-state index in [1.807, 2.05) is 6.08 Å². The third-order valence-electron chi connectivity index (χ3n) is 15.0. The van der Waals surface area contributed by atoms with E-state index in [1.165, 1.54) is 128 Å². The normalized spacial score (nSPS) is 31.1. The molecule has 17 unspecified atom stereocenters. The average Bonchev–Trinajstić information content (AvgIpc) is 3.41. The van der Waals surface area contributed by atoms with Gasteiger partial charge in [0.2, 0.25) is 5.91 Å². The Morgan fingerprint density at radius 2 is 0.842 bits per heavy atom. The Bertz CT molecular complexity index is 1490. The minimum atomic E-state index is -1.98. The second kappa shape index (κ2) is 41.3. The summed E-state index contributed by atoms with van der Waals surface area (Å²) in [5, 5.41) is 120. The molecule has 3 saturated heterocycles. The number of aliphatic hydroxyl groups is 11. The molecule has 0 aromatic heterocycles. The topological polar surface area (TPSA) is 307 Å². The zero-order valence-corrected chi connectivity index (χ0v) is 46.2. The first-order valence-corrected chi connectivity index (χ1v) is 29.6. The SMILES string of the molecule is CCCCCC/C=C/CC/C=C/C(O)C(COC1OC(CO)C(OC2OC(CO)C(OC3OC(CO)C(O)C(O)C3O)C(O)C2O)C(O)C1O)NC(=O)CCCCCCCCCCCCCCCCCCCCCCC. The van der Waals surface area contributed by atoms with Gasteiger partial charge in [-0.15, -0.1) is 0 Å². The van der Waals surface area contributed by atoms with Crippen LogP contribution in [0.5, 0.6) is 0 Å². The molecule has 19 nitrogen and oxygen atoms in total. The van der Waals surface area contributed by atoms with E-state index in [4.69, 9.17) is 28.4 Å². The van der Waals surface area contributed by atoms with Gasteiger partial charge in [-0.2, -0.15) is 0 Å². The van der Waals surface area contributed by atoms with E-state index in [0.29, 0.717) is 12.8 Å². The molecule has 17 atom stereocenters. The Morgan fingerprint density at radius 3 is 1.32 bits per heavy atom. The second-order valence-electron chi connectivity index (χ2n) is 21.5. The molecular formula is C57H105NO18. The molecule has 19 heteroatoms. The van der Waals surface area contributed by atoms with Crippen LogP contribution in [0.1, 0.15) is 200 Å². The maximum absolute atomic E-state index is 13.3. The van der Waals surface area contributed by atoms with Crippen LogP contribution in [0.15, 0.2) is 24.3 Å². The highest BCUT2D eigenvalue weighted by Crippen LogP contribution is 2.33. The quantitative estimate of drug-likeness (QED) is 0.0289. The van der Waals surface area contributed by atoms with Gasteiger partial charge in [-0.25, -0.2) is 0 Å². The van der Waals surface area contributed by atoms with Crippen molar-refractivity contribution in [2.45, 2.75) is 304 Å². The number of amides is 1. The molecule has 0 spiro atoms. The number of hydrogen-bond acceptors (Lipinski definition) is 18. The number of nitrogens with one attached hydrogen (secondary N) is 1. The van der Waals surface area contributed by atoms with Crippen LogP contribution >= 0.6 is 0 Å². The maximum Gasteiger partial charge on any atom is 0.220 e. The summed E-state index contributed by atoms with van der Waals surface area (Å²) in [6.45, 7) is 1.66. The van der Waals surface area contributed by atoms with Crippen molar-refractivity contribution in [3.63, 3.8) is 0 Å². The third-order valence-corrected chi connectivity index (χ3v) is 15.0. The fourth-order valence-electron chi connectivity index (χ4n) is 10.1. The van der Waals surface area contributed by atoms with Crippen LogP contribution in [0, 0.1) is 0 Å². The van der Waals surface area contributed by atoms with Crippen LogP contribution in [0.3, 0.4) is 0 Å². The van der Waals surface area contributed by atoms with E-state index < -0.39 is 124 Å². The molecule has 3 heterocycles. The van der Waals surface area contributed by atoms with Crippen molar-refractivity contribution < 1.29 is 89.4 Å². The highest BCUT2D eigenvalue weighted by molar-refractivity contribution is 5.76. The molecule has 0 bridgehead atoms. The lowest BCUT2D eigenvalue weighted by Crippen LogP contribution is -2.66. The molecule has 446 valence electrons. The van der Waals surface area contributed by atoms with E-state index in [9.17, 15) is 61.0 Å². The van der Waals surface area contributed by atoms with Crippen LogP contribution in [0.25, 0.3) is 0 Å². The van der Waals surface area contributed by atoms with E-state index in [2.05, 4.69) is 31.3 Å². The van der Waals surface area contributed by atoms with Gasteiger partial charge in [0.05, 0.1) is 38.6 Å². The Hall–Kier alpha value is -1.73. The lowest BCUT2D eigenvalue weighted by molar-refractivity contribution is -0.379. The van der Waals surface area contributed by atoms with E-state index >= 15 is 0 Å². The summed E-state index contributed by atoms with van der Waals surface area (Å²) in [6.07, 6.45) is 14.7. The first kappa shape index (κ1) is 68.5. The first-order valence-electron chi connectivity index (χ1n) is 29.6. The summed E-state index contributed by atoms with van der Waals surface area (Å²) < 4.78 is 34.1. The number of hydrogen-bond donors (Lipinski definition) is 12. The fraction of sp³-hybridized carbons (Fsp3) is 0.912. The van der Waals surface area contributed by atoms with Gasteiger partial charge >= 0.3 is 0 Å². The summed E-state index contributed by atoms with van der Waals surface area (Å²) in [7, 11) is 0. The lowest BCUT2D eigenvalue weighted by Gasteiger charge is -2.48. The van der Waals surface area contributed by atoms with Gasteiger partial charge in [-0.05, 0) is 32.1 Å². The van der Waals surface area contributed by atoms with Gasteiger partial charge in [0.1, 0.15) is 73.2 Å². The van der Waals surface area contributed by atoms with Crippen molar-refractivity contribution in [3.8, 4) is 0 Å². The molecule has 3 aliphatic rings. The predicted molar refractivity (Wildman–Crippen MR) is 286 cm³/mol. The van der Waals surface area contributed by atoms with Gasteiger partial charge in [0, 0.05) is 6.42 Å². The second-order valence-corrected chi connectivity index (χ2v) is 21.5. The minimum Gasteiger partial charge on any atom is -0.394 e. The van der Waals surface area contributed by atoms with Crippen molar-refractivity contribution in [3.05, 3.63) is 24.3 Å². The molecule has 12 N–H and O–H groups in total. The van der Waals surface area contributed by atoms with Gasteiger partial charge in [-0.3, -0.25) is 4.79 Å². The minimum absolute atomic E-state index is 0.240. The van der Waals surface area contributed by atoms with Gasteiger partial charge in [0.25, 0.3) is 0 Å². The molecule has 76 heavy (non-hydrogen) atoms. The number of carbonyl (C=O) groups excluding carboxylic acids is 1. The number of aliphatic hydroxyl groups excluding tert-OH is 11. The Balaban J connectivity index is 1.47. The Labute approximate surface area is 454 Å². The number of rotatable bonds is 43. The molecule has 0 aromatic carbocycles. The largest absolute Gasteiger partial charge is 0.394 e. The van der Waals surface area contributed by atoms with Crippen LogP contribution in [0.4, 0.5) is 0 Å². The van der Waals surface area contributed by atoms with E-state index in [0.717, 1.165) is 38.5 Å². The molecule has 3 fully saturated rings. The molecule has 3 aliphatic heterocycles. The Morgan fingerprint density at radius 1 is 0.461 bits per heavy atom. The molecule has 0 saturated carbocycles. The molecule has 0 aromatic rings. The zero-order chi connectivity index (χ0) is 55.5. The molecule has 0 radical (unpaired) electrons. The van der Waals surface area contributed by atoms with Gasteiger partial charge < -0.3 is 89.9 Å². The number of allylic oxidation sites excluding steroid dienone is 3. The predicted octanol–water partition coefficient (Wildman–Crippen LogP) is 4.76. The number of ether oxygens (including phenoxy) is 6. The van der Waals surface area contributed by atoms with Crippen molar-refractivity contribution >= 4 is 5.91 Å². The summed E-state index contributed by atoms with van der Waals surface area (Å²) in [4.78, 5) is 13.3. The van der Waals surface area contributed by atoms with Gasteiger partial charge in [-0.1, -0.05) is 186 Å². The number of carbonyl (C=O) groups is 1. The standard InChI is InChI=1S/C57H105NO18/c1-3-5-7-9-11-13-15-16-17-18-19-20-21-22-23-24-25-27-29-31-33-35-45(63)58-40(41(62)34-32-30-28-26-14-12-10-8-6-4-2)39-71-55-51(69)48(66)53(43(37-60)73-55)76-57-52(70)49(67)54(44(38-61)74-57)75-56-50(68)47(65)46(64)42(36-59)72-56/h14,26,32,34,40-44,46-57,59-62,64-70H,3-13,15-25,27-31,33,35-39H2,1-2H3,(H,58,63)/b26-14+,34-32+. The zero-order valence-electron chi connectivity index (χ0n) is 46.2. The summed E-state index contributed by atoms with van der Waals surface area (Å²) in [6, 6.07) is -0.983. The smallest absolute Gasteiger partial charge is 0.220 e. The monoisotopic (exact) mass is 1090 g/mol. The van der Waals surface area contributed by atoms with Crippen molar-refractivity contribution in [2.24, 2.45) is 0 Å². The molecular weight excluding hydrogens is 987 g/mol. The van der Waals surface area contributed by atoms with Crippen molar-refractivity contribution in [2.75, 3.05) is 26.4 Å². The van der Waals surface area contributed by atoms with Crippen LogP contribution in [-0.4, -0.2) is 193 Å². The van der Waals surface area contributed by atoms with Crippen LogP contribution in [-0.2, 0) is 33.2 Å². The van der Waals surface area contributed by atoms with E-state index in [-0.39, 0.29) is 18.9 Å². The molecule has 1 amide bonds. The lowest BCUT2D eigenvalue weighted by atomic mass is 9.96. The summed E-state index contributed by atoms with van der Waals surface area (Å²) >= 11 is 0. The van der Waals surface area contributed by atoms with E-state index in [1.54, 1.807) is 6.08 Å². The highest BCUT2D eigenvalue weighted by Gasteiger charge is 2.53. The fourth-order valence-corrected chi connectivity index (χ4v) is 10.1. The Kier molecular flexibility index (Phi) is 37.2. The van der Waals surface area contributed by atoms with Crippen molar-refractivity contribution in [1.29, 1.82) is 0 Å². The maximum atomic E-state index is 13.3. The number of unbranched alkanes of at least 4 members (excludes halogenated alkanes) is 25. The summed E-state index contributed by atoms with van der Waals surface area (Å²) in [5.74, 6) is -0.285. The molecule has 0 aliphatic carbocycles. The van der Waals surface area contributed by atoms with Crippen molar-refractivity contribution in [1.82, 2.24) is 5.32 Å².